The van der Waals surface area contributed by atoms with Gasteiger partial charge in [0.15, 0.2) is 0 Å². The van der Waals surface area contributed by atoms with Gasteiger partial charge in [0, 0.05) is 49.0 Å². The zero-order chi connectivity index (χ0) is 22.2. The molecule has 0 aliphatic carbocycles. The van der Waals surface area contributed by atoms with Crippen molar-refractivity contribution in [3.63, 3.8) is 0 Å². The van der Waals surface area contributed by atoms with E-state index in [4.69, 9.17) is 4.74 Å². The molecule has 2 aliphatic rings. The molecule has 168 valence electrons. The van der Waals surface area contributed by atoms with E-state index in [1.807, 2.05) is 6.92 Å². The lowest BCUT2D eigenvalue weighted by Gasteiger charge is -2.32. The third-order valence-corrected chi connectivity index (χ3v) is 6.42. The molecule has 32 heavy (non-hydrogen) atoms. The molecule has 0 bridgehead atoms. The second kappa shape index (κ2) is 8.52. The molecule has 3 heterocycles. The molecule has 2 N–H and O–H groups in total. The van der Waals surface area contributed by atoms with Gasteiger partial charge in [-0.15, -0.1) is 0 Å². The van der Waals surface area contributed by atoms with Crippen LogP contribution in [0.25, 0.3) is 10.9 Å². The number of halogens is 2. The molecular weight excluding hydrogens is 414 g/mol. The van der Waals surface area contributed by atoms with E-state index in [1.165, 1.54) is 24.3 Å². The van der Waals surface area contributed by atoms with Crippen LogP contribution in [-0.4, -0.2) is 61.2 Å². The normalized spacial score (nSPS) is 19.6. The molecular formula is C24H26F2N4O2. The highest BCUT2D eigenvalue weighted by atomic mass is 19.1. The van der Waals surface area contributed by atoms with Crippen molar-refractivity contribution in [2.45, 2.75) is 19.4 Å². The van der Waals surface area contributed by atoms with Gasteiger partial charge in [-0.1, -0.05) is 6.07 Å². The number of anilines is 2. The Morgan fingerprint density at radius 1 is 1.12 bits per heavy atom. The number of benzene rings is 2. The van der Waals surface area contributed by atoms with Gasteiger partial charge in [0.05, 0.1) is 18.7 Å². The quantitative estimate of drug-likeness (QED) is 0.646. The molecule has 0 spiro atoms. The molecule has 6 nitrogen and oxygen atoms in total. The van der Waals surface area contributed by atoms with Crippen molar-refractivity contribution in [1.29, 1.82) is 0 Å². The van der Waals surface area contributed by atoms with Crippen LogP contribution in [0.5, 0.6) is 0 Å². The number of aromatic nitrogens is 1. The summed E-state index contributed by atoms with van der Waals surface area (Å²) >= 11 is 0. The van der Waals surface area contributed by atoms with E-state index in [1.54, 1.807) is 12.1 Å². The zero-order valence-corrected chi connectivity index (χ0v) is 18.0. The summed E-state index contributed by atoms with van der Waals surface area (Å²) in [7, 11) is 0. The van der Waals surface area contributed by atoms with E-state index in [9.17, 15) is 13.6 Å². The van der Waals surface area contributed by atoms with Crippen molar-refractivity contribution < 1.29 is 18.3 Å². The van der Waals surface area contributed by atoms with Crippen molar-refractivity contribution in [1.82, 2.24) is 9.88 Å². The number of aromatic amines is 1. The minimum atomic E-state index is -0.441. The first-order valence-electron chi connectivity index (χ1n) is 10.9. The Morgan fingerprint density at radius 2 is 1.94 bits per heavy atom. The van der Waals surface area contributed by atoms with Crippen LogP contribution in [0.3, 0.4) is 0 Å². The molecule has 5 rings (SSSR count). The Hall–Kier alpha value is -2.97. The fourth-order valence-electron chi connectivity index (χ4n) is 4.69. The minimum absolute atomic E-state index is 0.229. The first-order chi connectivity index (χ1) is 15.5. The number of aryl methyl sites for hydroxylation is 1. The van der Waals surface area contributed by atoms with Crippen molar-refractivity contribution in [3.05, 3.63) is 59.3 Å². The number of nitrogens with one attached hydrogen (secondary N) is 2. The predicted molar refractivity (Wildman–Crippen MR) is 120 cm³/mol. The lowest BCUT2D eigenvalue weighted by Crippen LogP contribution is -2.44. The summed E-state index contributed by atoms with van der Waals surface area (Å²) < 4.78 is 33.9. The van der Waals surface area contributed by atoms with Crippen LogP contribution in [0.15, 0.2) is 36.4 Å². The van der Waals surface area contributed by atoms with Gasteiger partial charge >= 0.3 is 0 Å². The molecule has 2 aliphatic heterocycles. The molecule has 3 aromatic rings. The molecule has 1 unspecified atom stereocenters. The van der Waals surface area contributed by atoms with Crippen LogP contribution in [0.1, 0.15) is 22.5 Å². The van der Waals surface area contributed by atoms with Gasteiger partial charge in [-0.2, -0.15) is 0 Å². The molecule has 0 saturated carbocycles. The molecule has 2 aromatic carbocycles. The van der Waals surface area contributed by atoms with Crippen molar-refractivity contribution in [2.24, 2.45) is 0 Å². The smallest absolute Gasteiger partial charge is 0.272 e. The lowest BCUT2D eigenvalue weighted by atomic mass is 10.1. The topological polar surface area (TPSA) is 60.6 Å². The Balaban J connectivity index is 1.32. The largest absolute Gasteiger partial charge is 0.379 e. The van der Waals surface area contributed by atoms with Gasteiger partial charge in [0.2, 0.25) is 0 Å². The van der Waals surface area contributed by atoms with Crippen LogP contribution in [0, 0.1) is 18.6 Å². The van der Waals surface area contributed by atoms with Gasteiger partial charge in [-0.05, 0) is 49.2 Å². The van der Waals surface area contributed by atoms with Crippen LogP contribution in [-0.2, 0) is 4.74 Å². The monoisotopic (exact) mass is 440 g/mol. The standard InChI is InChI=1S/C24H26F2N4O2/c1-15-2-3-21(26)20-13-22(28-23(15)20)24(31)27-17-10-16(25)11-19(12-17)30-5-4-18(14-30)29-6-8-32-9-7-29/h2-3,10-13,18,28H,4-9,14H2,1H3,(H,27,31). The average Bonchev–Trinajstić information content (AvgIpc) is 3.45. The fourth-order valence-corrected chi connectivity index (χ4v) is 4.69. The molecule has 0 radical (unpaired) electrons. The number of H-pyrrole nitrogens is 1. The zero-order valence-electron chi connectivity index (χ0n) is 18.0. The second-order valence-electron chi connectivity index (χ2n) is 8.53. The van der Waals surface area contributed by atoms with Gasteiger partial charge in [-0.3, -0.25) is 9.69 Å². The summed E-state index contributed by atoms with van der Waals surface area (Å²) in [5.74, 6) is -1.24. The number of fused-ring (bicyclic) bond motifs is 1. The summed E-state index contributed by atoms with van der Waals surface area (Å²) in [6.45, 7) is 6.85. The molecule has 2 fully saturated rings. The highest BCUT2D eigenvalue weighted by Crippen LogP contribution is 2.28. The number of morpholine rings is 1. The number of ether oxygens (including phenoxy) is 1. The number of hydrogen-bond acceptors (Lipinski definition) is 4. The molecule has 1 amide bonds. The van der Waals surface area contributed by atoms with Crippen LogP contribution in [0.4, 0.5) is 20.2 Å². The number of rotatable bonds is 4. The Kier molecular flexibility index (Phi) is 5.57. The van der Waals surface area contributed by atoms with Gasteiger partial charge in [0.1, 0.15) is 17.3 Å². The molecule has 1 aromatic heterocycles. The first kappa shape index (κ1) is 20.9. The van der Waals surface area contributed by atoms with E-state index in [0.29, 0.717) is 22.6 Å². The lowest BCUT2D eigenvalue weighted by molar-refractivity contribution is 0.0209. The highest BCUT2D eigenvalue weighted by molar-refractivity contribution is 6.06. The molecule has 2 saturated heterocycles. The van der Waals surface area contributed by atoms with Gasteiger partial charge in [-0.25, -0.2) is 8.78 Å². The van der Waals surface area contributed by atoms with Crippen LogP contribution >= 0.6 is 0 Å². The second-order valence-corrected chi connectivity index (χ2v) is 8.53. The summed E-state index contributed by atoms with van der Waals surface area (Å²) in [5, 5.41) is 3.11. The predicted octanol–water partition coefficient (Wildman–Crippen LogP) is 3.92. The maximum atomic E-state index is 14.4. The number of hydrogen-bond donors (Lipinski definition) is 2. The molecule has 1 atom stereocenters. The summed E-state index contributed by atoms with van der Waals surface area (Å²) in [6, 6.07) is 9.54. The number of carbonyl (C=O) groups excluding carboxylic acids is 1. The average molecular weight is 440 g/mol. The minimum Gasteiger partial charge on any atom is -0.379 e. The highest BCUT2D eigenvalue weighted by Gasteiger charge is 2.29. The van der Waals surface area contributed by atoms with Gasteiger partial charge in [0.25, 0.3) is 5.91 Å². The van der Waals surface area contributed by atoms with E-state index in [-0.39, 0.29) is 5.69 Å². The summed E-state index contributed by atoms with van der Waals surface area (Å²) in [5.41, 5.74) is 2.77. The van der Waals surface area contributed by atoms with Crippen LogP contribution in [0.2, 0.25) is 0 Å². The van der Waals surface area contributed by atoms with Gasteiger partial charge < -0.3 is 19.9 Å². The van der Waals surface area contributed by atoms with E-state index >= 15 is 0 Å². The fraction of sp³-hybridized carbons (Fsp3) is 0.375. The summed E-state index contributed by atoms with van der Waals surface area (Å²) in [6.07, 6.45) is 1.01. The van der Waals surface area contributed by atoms with Crippen molar-refractivity contribution in [2.75, 3.05) is 49.6 Å². The Bertz CT molecular complexity index is 1120. The Morgan fingerprint density at radius 3 is 2.72 bits per heavy atom. The van der Waals surface area contributed by atoms with E-state index in [0.717, 1.165) is 57.1 Å². The SMILES string of the molecule is Cc1ccc(F)c2cc(C(=O)Nc3cc(F)cc(N4CCC(N5CCOCC5)C4)c3)[nH]c12. The Labute approximate surface area is 185 Å². The van der Waals surface area contributed by atoms with Crippen molar-refractivity contribution >= 4 is 28.2 Å². The number of amides is 1. The summed E-state index contributed by atoms with van der Waals surface area (Å²) in [4.78, 5) is 20.4. The van der Waals surface area contributed by atoms with E-state index in [2.05, 4.69) is 20.1 Å². The maximum Gasteiger partial charge on any atom is 0.272 e. The van der Waals surface area contributed by atoms with E-state index < -0.39 is 17.5 Å². The third-order valence-electron chi connectivity index (χ3n) is 6.42. The molecule has 8 heteroatoms. The van der Waals surface area contributed by atoms with Crippen LogP contribution < -0.4 is 10.2 Å². The first-order valence-corrected chi connectivity index (χ1v) is 10.9. The third kappa shape index (κ3) is 4.08. The number of carbonyl (C=O) groups is 1. The van der Waals surface area contributed by atoms with Crippen molar-refractivity contribution in [3.8, 4) is 0 Å². The number of nitrogens with zero attached hydrogens (tertiary/aromatic N) is 2. The maximum absolute atomic E-state index is 14.4.